The molecule has 0 aliphatic heterocycles. The predicted molar refractivity (Wildman–Crippen MR) is 89.1 cm³/mol. The largest absolute Gasteiger partial charge is 0.463 e. The van der Waals surface area contributed by atoms with E-state index in [0.29, 0.717) is 5.76 Å². The van der Waals surface area contributed by atoms with Crippen LogP contribution in [-0.2, 0) is 5.60 Å². The number of nitrogens with one attached hydrogen (secondary N) is 2. The van der Waals surface area contributed by atoms with Crippen LogP contribution in [0.25, 0.3) is 0 Å². The van der Waals surface area contributed by atoms with Crippen LogP contribution in [0.1, 0.15) is 42.5 Å². The number of hydrogen-bond acceptors (Lipinski definition) is 3. The molecule has 5 nitrogen and oxygen atoms in total. The molecule has 0 spiro atoms. The van der Waals surface area contributed by atoms with Gasteiger partial charge >= 0.3 is 6.03 Å². The number of carbonyl (C=O) groups excluding carboxylic acids is 1. The number of benzene rings is 1. The van der Waals surface area contributed by atoms with Gasteiger partial charge in [0, 0.05) is 0 Å². The van der Waals surface area contributed by atoms with Gasteiger partial charge in [0.25, 0.3) is 0 Å². The Morgan fingerprint density at radius 2 is 1.87 bits per heavy atom. The number of rotatable bonds is 5. The summed E-state index contributed by atoms with van der Waals surface area (Å²) >= 11 is 0. The van der Waals surface area contributed by atoms with Crippen molar-refractivity contribution >= 4 is 6.03 Å². The first-order chi connectivity index (χ1) is 10.8. The molecule has 0 saturated carbocycles. The van der Waals surface area contributed by atoms with Crippen LogP contribution >= 0.6 is 0 Å². The van der Waals surface area contributed by atoms with Crippen LogP contribution < -0.4 is 10.6 Å². The number of furan rings is 1. The summed E-state index contributed by atoms with van der Waals surface area (Å²) in [4.78, 5) is 12.0. The van der Waals surface area contributed by atoms with E-state index in [-0.39, 0.29) is 18.6 Å². The van der Waals surface area contributed by atoms with Crippen molar-refractivity contribution in [3.05, 3.63) is 59.0 Å². The van der Waals surface area contributed by atoms with Crippen molar-refractivity contribution in [3.8, 4) is 0 Å². The summed E-state index contributed by atoms with van der Waals surface area (Å²) < 4.78 is 5.42. The van der Waals surface area contributed by atoms with E-state index in [9.17, 15) is 9.90 Å². The second-order valence-electron chi connectivity index (χ2n) is 6.14. The third-order valence-electron chi connectivity index (χ3n) is 3.79. The molecule has 2 atom stereocenters. The Hall–Kier alpha value is -2.27. The zero-order valence-corrected chi connectivity index (χ0v) is 14.0. The van der Waals surface area contributed by atoms with Gasteiger partial charge in [0.1, 0.15) is 17.1 Å². The average Bonchev–Trinajstić information content (AvgIpc) is 2.93. The Kier molecular flexibility index (Phi) is 5.11. The molecule has 124 valence electrons. The maximum atomic E-state index is 12.0. The standard InChI is InChI=1S/C18H24N2O3/c1-12-5-8-15(9-6-12)14(3)20-17(21)19-11-18(4,22)16-10-7-13(2)23-16/h5-10,14,22H,11H2,1-4H3,(H2,19,20,21). The highest BCUT2D eigenvalue weighted by Crippen LogP contribution is 2.22. The smallest absolute Gasteiger partial charge is 0.315 e. The zero-order valence-electron chi connectivity index (χ0n) is 14.0. The van der Waals surface area contributed by atoms with Crippen LogP contribution in [-0.4, -0.2) is 17.7 Å². The molecule has 5 heteroatoms. The molecule has 0 aliphatic carbocycles. The molecule has 0 bridgehead atoms. The van der Waals surface area contributed by atoms with Gasteiger partial charge in [-0.1, -0.05) is 29.8 Å². The Morgan fingerprint density at radius 3 is 2.43 bits per heavy atom. The van der Waals surface area contributed by atoms with Gasteiger partial charge < -0.3 is 20.2 Å². The van der Waals surface area contributed by atoms with E-state index in [2.05, 4.69) is 10.6 Å². The van der Waals surface area contributed by atoms with E-state index >= 15 is 0 Å². The SMILES string of the molecule is Cc1ccc(C(C)NC(=O)NCC(C)(O)c2ccc(C)o2)cc1. The van der Waals surface area contributed by atoms with Crippen molar-refractivity contribution in [2.75, 3.05) is 6.54 Å². The Balaban J connectivity index is 1.88. The first-order valence-electron chi connectivity index (χ1n) is 7.68. The van der Waals surface area contributed by atoms with Crippen LogP contribution in [0.3, 0.4) is 0 Å². The first kappa shape index (κ1) is 17.1. The molecule has 1 aromatic heterocycles. The summed E-state index contributed by atoms with van der Waals surface area (Å²) in [7, 11) is 0. The van der Waals surface area contributed by atoms with E-state index < -0.39 is 5.60 Å². The van der Waals surface area contributed by atoms with Gasteiger partial charge in [-0.3, -0.25) is 0 Å². The van der Waals surface area contributed by atoms with Crippen molar-refractivity contribution in [3.63, 3.8) is 0 Å². The fourth-order valence-electron chi connectivity index (χ4n) is 2.25. The molecule has 23 heavy (non-hydrogen) atoms. The minimum absolute atomic E-state index is 0.0619. The minimum Gasteiger partial charge on any atom is -0.463 e. The monoisotopic (exact) mass is 316 g/mol. The lowest BCUT2D eigenvalue weighted by molar-refractivity contribution is 0.0359. The van der Waals surface area contributed by atoms with Gasteiger partial charge in [0.2, 0.25) is 0 Å². The molecule has 2 amide bonds. The fraction of sp³-hybridized carbons (Fsp3) is 0.389. The lowest BCUT2D eigenvalue weighted by Crippen LogP contribution is -2.44. The molecule has 0 aliphatic rings. The van der Waals surface area contributed by atoms with Gasteiger partial charge in [-0.25, -0.2) is 4.79 Å². The highest BCUT2D eigenvalue weighted by atomic mass is 16.4. The van der Waals surface area contributed by atoms with E-state index in [0.717, 1.165) is 11.3 Å². The highest BCUT2D eigenvalue weighted by molar-refractivity contribution is 5.74. The van der Waals surface area contributed by atoms with Crippen LogP contribution in [0.2, 0.25) is 0 Å². The highest BCUT2D eigenvalue weighted by Gasteiger charge is 2.27. The van der Waals surface area contributed by atoms with Gasteiger partial charge in [0.15, 0.2) is 0 Å². The van der Waals surface area contributed by atoms with E-state index in [1.54, 1.807) is 19.1 Å². The Labute approximate surface area is 136 Å². The predicted octanol–water partition coefficient (Wildman–Crippen LogP) is 3.16. The summed E-state index contributed by atoms with van der Waals surface area (Å²) in [6.07, 6.45) is 0. The number of aliphatic hydroxyl groups is 1. The Bertz CT molecular complexity index is 659. The Morgan fingerprint density at radius 1 is 1.22 bits per heavy atom. The topological polar surface area (TPSA) is 74.5 Å². The van der Waals surface area contributed by atoms with Gasteiger partial charge in [-0.05, 0) is 45.4 Å². The molecule has 0 fully saturated rings. The van der Waals surface area contributed by atoms with E-state index in [1.165, 1.54) is 5.56 Å². The quantitative estimate of drug-likeness (QED) is 0.793. The van der Waals surface area contributed by atoms with Gasteiger partial charge in [-0.2, -0.15) is 0 Å². The summed E-state index contributed by atoms with van der Waals surface area (Å²) in [6, 6.07) is 11.0. The third kappa shape index (κ3) is 4.60. The molecule has 1 heterocycles. The molecule has 2 aromatic rings. The first-order valence-corrected chi connectivity index (χ1v) is 7.68. The molecule has 0 radical (unpaired) electrons. The summed E-state index contributed by atoms with van der Waals surface area (Å²) in [5.74, 6) is 1.15. The van der Waals surface area contributed by atoms with Crippen LogP contribution in [0.15, 0.2) is 40.8 Å². The summed E-state index contributed by atoms with van der Waals surface area (Å²) in [5, 5.41) is 15.9. The van der Waals surface area contributed by atoms with Crippen LogP contribution in [0.5, 0.6) is 0 Å². The maximum Gasteiger partial charge on any atom is 0.315 e. The van der Waals surface area contributed by atoms with Gasteiger partial charge in [0.05, 0.1) is 12.6 Å². The van der Waals surface area contributed by atoms with Crippen molar-refractivity contribution in [2.24, 2.45) is 0 Å². The maximum absolute atomic E-state index is 12.0. The van der Waals surface area contributed by atoms with Gasteiger partial charge in [-0.15, -0.1) is 0 Å². The fourth-order valence-corrected chi connectivity index (χ4v) is 2.25. The minimum atomic E-state index is -1.25. The number of urea groups is 1. The third-order valence-corrected chi connectivity index (χ3v) is 3.79. The van der Waals surface area contributed by atoms with E-state index in [4.69, 9.17) is 4.42 Å². The number of hydrogen-bond donors (Lipinski definition) is 3. The van der Waals surface area contributed by atoms with E-state index in [1.807, 2.05) is 45.0 Å². The molecule has 2 rings (SSSR count). The van der Waals surface area contributed by atoms with Crippen LogP contribution in [0.4, 0.5) is 4.79 Å². The normalized spacial score (nSPS) is 14.8. The van der Waals surface area contributed by atoms with Crippen molar-refractivity contribution < 1.29 is 14.3 Å². The molecular formula is C18H24N2O3. The van der Waals surface area contributed by atoms with Crippen molar-refractivity contribution in [1.29, 1.82) is 0 Å². The average molecular weight is 316 g/mol. The van der Waals surface area contributed by atoms with Crippen LogP contribution in [0, 0.1) is 13.8 Å². The number of carbonyl (C=O) groups is 1. The lowest BCUT2D eigenvalue weighted by atomic mass is 10.0. The molecule has 0 saturated heterocycles. The molecule has 1 aromatic carbocycles. The van der Waals surface area contributed by atoms with Crippen molar-refractivity contribution in [1.82, 2.24) is 10.6 Å². The summed E-state index contributed by atoms with van der Waals surface area (Å²) in [6.45, 7) is 7.41. The molecule has 2 unspecified atom stereocenters. The second-order valence-corrected chi connectivity index (χ2v) is 6.14. The number of amides is 2. The molecular weight excluding hydrogens is 292 g/mol. The second kappa shape index (κ2) is 6.87. The number of aryl methyl sites for hydroxylation is 2. The zero-order chi connectivity index (χ0) is 17.0. The van der Waals surface area contributed by atoms with Crippen molar-refractivity contribution in [2.45, 2.75) is 39.3 Å². The molecule has 3 N–H and O–H groups in total. The lowest BCUT2D eigenvalue weighted by Gasteiger charge is -2.22. The summed E-state index contributed by atoms with van der Waals surface area (Å²) in [5.41, 5.74) is 0.952.